The van der Waals surface area contributed by atoms with Crippen LogP contribution in [-0.2, 0) is 20.6 Å². The number of carbonyl (C=O) groups is 1. The molecule has 7 heteroatoms. The summed E-state index contributed by atoms with van der Waals surface area (Å²) in [4.78, 5) is 15.3. The van der Waals surface area contributed by atoms with Gasteiger partial charge in [0.2, 0.25) is 15.9 Å². The molecule has 0 radical (unpaired) electrons. The van der Waals surface area contributed by atoms with Gasteiger partial charge >= 0.3 is 0 Å². The van der Waals surface area contributed by atoms with Crippen LogP contribution in [-0.4, -0.2) is 43.9 Å². The molecule has 29 heavy (non-hydrogen) atoms. The summed E-state index contributed by atoms with van der Waals surface area (Å²) in [5, 5.41) is 0. The molecular formula is C22H24N2O4S. The standard InChI is InChI=1S/C22H24N2O4S/c25-22-20-12-18(14-24(20)29(26,27)15-17-6-2-1-3-7-17)28-21-9-5-4-8-19(21)23(22)13-16-10-11-16/h1-9,16,18,20H,10-15H2/t18-,20-/m0/s1. The largest absolute Gasteiger partial charge is 0.487 e. The molecule has 2 aromatic carbocycles. The van der Waals surface area contributed by atoms with Crippen LogP contribution in [0.3, 0.4) is 0 Å². The van der Waals surface area contributed by atoms with Crippen LogP contribution in [0, 0.1) is 5.92 Å². The van der Waals surface area contributed by atoms with Crippen LogP contribution < -0.4 is 9.64 Å². The molecule has 2 fully saturated rings. The zero-order valence-electron chi connectivity index (χ0n) is 16.1. The van der Waals surface area contributed by atoms with E-state index in [-0.39, 0.29) is 24.3 Å². The fourth-order valence-corrected chi connectivity index (χ4v) is 6.00. The Kier molecular flexibility index (Phi) is 4.59. The van der Waals surface area contributed by atoms with E-state index in [0.29, 0.717) is 24.6 Å². The number of sulfonamides is 1. The number of amides is 1. The zero-order chi connectivity index (χ0) is 20.0. The number of carbonyl (C=O) groups excluding carboxylic acids is 1. The third kappa shape index (κ3) is 3.65. The first kappa shape index (κ1) is 18.6. The third-order valence-electron chi connectivity index (χ3n) is 5.91. The van der Waals surface area contributed by atoms with E-state index in [4.69, 9.17) is 4.74 Å². The van der Waals surface area contributed by atoms with Crippen molar-refractivity contribution in [3.8, 4) is 5.75 Å². The molecule has 2 aromatic rings. The van der Waals surface area contributed by atoms with Crippen LogP contribution in [0.2, 0.25) is 0 Å². The third-order valence-corrected chi connectivity index (χ3v) is 7.72. The van der Waals surface area contributed by atoms with Gasteiger partial charge in [0.25, 0.3) is 0 Å². The summed E-state index contributed by atoms with van der Waals surface area (Å²) in [5.74, 6) is 0.900. The van der Waals surface area contributed by atoms with Crippen molar-refractivity contribution < 1.29 is 17.9 Å². The van der Waals surface area contributed by atoms with E-state index in [1.54, 1.807) is 17.0 Å². The Morgan fingerprint density at radius 2 is 1.72 bits per heavy atom. The monoisotopic (exact) mass is 412 g/mol. The number of fused-ring (bicyclic) bond motifs is 3. The second kappa shape index (κ2) is 7.15. The minimum absolute atomic E-state index is 0.111. The number of hydrogen-bond donors (Lipinski definition) is 0. The highest BCUT2D eigenvalue weighted by Gasteiger charge is 2.48. The lowest BCUT2D eigenvalue weighted by Gasteiger charge is -2.31. The molecule has 0 N–H and O–H groups in total. The lowest BCUT2D eigenvalue weighted by atomic mass is 10.1. The zero-order valence-corrected chi connectivity index (χ0v) is 16.9. The van der Waals surface area contributed by atoms with Crippen molar-refractivity contribution in [3.63, 3.8) is 0 Å². The molecule has 2 atom stereocenters. The molecule has 1 saturated carbocycles. The summed E-state index contributed by atoms with van der Waals surface area (Å²) in [5.41, 5.74) is 1.47. The Morgan fingerprint density at radius 1 is 1.00 bits per heavy atom. The molecule has 2 heterocycles. The maximum atomic E-state index is 13.6. The van der Waals surface area contributed by atoms with Gasteiger partial charge in [-0.2, -0.15) is 4.31 Å². The highest BCUT2D eigenvalue weighted by molar-refractivity contribution is 7.88. The Morgan fingerprint density at radius 3 is 2.48 bits per heavy atom. The molecule has 6 nitrogen and oxygen atoms in total. The average Bonchev–Trinajstić information content (AvgIpc) is 3.42. The fraction of sp³-hybridized carbons (Fsp3) is 0.409. The minimum Gasteiger partial charge on any atom is -0.487 e. The summed E-state index contributed by atoms with van der Waals surface area (Å²) in [6, 6.07) is 15.9. The molecule has 5 rings (SSSR count). The second-order valence-corrected chi connectivity index (χ2v) is 10.1. The van der Waals surface area contributed by atoms with E-state index in [2.05, 4.69) is 0 Å². The van der Waals surface area contributed by atoms with E-state index in [1.807, 2.05) is 42.5 Å². The van der Waals surface area contributed by atoms with Gasteiger partial charge in [0.15, 0.2) is 0 Å². The van der Waals surface area contributed by atoms with E-state index in [9.17, 15) is 13.2 Å². The van der Waals surface area contributed by atoms with Gasteiger partial charge in [-0.3, -0.25) is 4.79 Å². The van der Waals surface area contributed by atoms with Gasteiger partial charge in [0.05, 0.1) is 18.0 Å². The average molecular weight is 413 g/mol. The molecule has 0 unspecified atom stereocenters. The first-order valence-electron chi connectivity index (χ1n) is 10.1. The van der Waals surface area contributed by atoms with Crippen molar-refractivity contribution in [1.82, 2.24) is 4.31 Å². The number of nitrogens with zero attached hydrogens (tertiary/aromatic N) is 2. The Bertz CT molecular complexity index is 1020. The molecule has 3 aliphatic rings. The minimum atomic E-state index is -3.65. The van der Waals surface area contributed by atoms with Crippen molar-refractivity contribution in [2.45, 2.75) is 37.2 Å². The summed E-state index contributed by atoms with van der Waals surface area (Å²) in [6.07, 6.45) is 2.29. The number of ether oxygens (including phenoxy) is 1. The summed E-state index contributed by atoms with van der Waals surface area (Å²) in [6.45, 7) is 0.824. The van der Waals surface area contributed by atoms with E-state index in [1.165, 1.54) is 4.31 Å². The maximum Gasteiger partial charge on any atom is 0.245 e. The van der Waals surface area contributed by atoms with Gasteiger partial charge in [-0.1, -0.05) is 42.5 Å². The molecule has 0 aromatic heterocycles. The highest BCUT2D eigenvalue weighted by Crippen LogP contribution is 2.40. The van der Waals surface area contributed by atoms with Crippen molar-refractivity contribution in [2.24, 2.45) is 5.92 Å². The Balaban J connectivity index is 1.48. The molecule has 2 aliphatic heterocycles. The Hall–Kier alpha value is -2.38. The molecular weight excluding hydrogens is 388 g/mol. The SMILES string of the molecule is O=C1[C@@H]2C[C@@H](CN2S(=O)(=O)Cc2ccccc2)Oc2ccccc2N1CC1CC1. The lowest BCUT2D eigenvalue weighted by molar-refractivity contribution is -0.121. The highest BCUT2D eigenvalue weighted by atomic mass is 32.2. The van der Waals surface area contributed by atoms with Crippen molar-refractivity contribution in [3.05, 3.63) is 60.2 Å². The first-order valence-corrected chi connectivity index (χ1v) is 11.7. The number of rotatable bonds is 5. The van der Waals surface area contributed by atoms with Crippen molar-refractivity contribution >= 4 is 21.6 Å². The molecule has 2 bridgehead atoms. The maximum absolute atomic E-state index is 13.6. The molecule has 0 spiro atoms. The van der Waals surface area contributed by atoms with Gasteiger partial charge in [0, 0.05) is 13.0 Å². The number of anilines is 1. The number of benzene rings is 2. The first-order chi connectivity index (χ1) is 14.0. The molecule has 1 amide bonds. The van der Waals surface area contributed by atoms with Crippen molar-refractivity contribution in [2.75, 3.05) is 18.0 Å². The van der Waals surface area contributed by atoms with E-state index in [0.717, 1.165) is 24.1 Å². The lowest BCUT2D eigenvalue weighted by Crippen LogP contribution is -2.48. The fourth-order valence-electron chi connectivity index (χ4n) is 4.26. The number of hydrogen-bond acceptors (Lipinski definition) is 4. The van der Waals surface area contributed by atoms with E-state index < -0.39 is 16.1 Å². The molecule has 1 aliphatic carbocycles. The van der Waals surface area contributed by atoms with Crippen LogP contribution in [0.25, 0.3) is 0 Å². The van der Waals surface area contributed by atoms with Crippen LogP contribution >= 0.6 is 0 Å². The summed E-state index contributed by atoms with van der Waals surface area (Å²) in [7, 11) is -3.65. The van der Waals surface area contributed by atoms with Gasteiger partial charge in [0.1, 0.15) is 17.9 Å². The van der Waals surface area contributed by atoms with Crippen LogP contribution in [0.4, 0.5) is 5.69 Å². The Labute approximate surface area is 171 Å². The van der Waals surface area contributed by atoms with Gasteiger partial charge in [-0.05, 0) is 36.5 Å². The van der Waals surface area contributed by atoms with Crippen molar-refractivity contribution in [1.29, 1.82) is 0 Å². The predicted octanol–water partition coefficient (Wildman–Crippen LogP) is 2.79. The summed E-state index contributed by atoms with van der Waals surface area (Å²) < 4.78 is 34.0. The second-order valence-electron chi connectivity index (χ2n) is 8.16. The topological polar surface area (TPSA) is 66.9 Å². The van der Waals surface area contributed by atoms with Crippen LogP contribution in [0.15, 0.2) is 54.6 Å². The predicted molar refractivity (Wildman–Crippen MR) is 110 cm³/mol. The smallest absolute Gasteiger partial charge is 0.245 e. The molecule has 152 valence electrons. The normalized spacial score (nSPS) is 24.6. The van der Waals surface area contributed by atoms with Gasteiger partial charge in [-0.25, -0.2) is 8.42 Å². The van der Waals surface area contributed by atoms with Gasteiger partial charge in [-0.15, -0.1) is 0 Å². The molecule has 1 saturated heterocycles. The van der Waals surface area contributed by atoms with E-state index >= 15 is 0 Å². The van der Waals surface area contributed by atoms with Gasteiger partial charge < -0.3 is 9.64 Å². The van der Waals surface area contributed by atoms with Crippen LogP contribution in [0.5, 0.6) is 5.75 Å². The quantitative estimate of drug-likeness (QED) is 0.757. The van der Waals surface area contributed by atoms with Crippen LogP contribution in [0.1, 0.15) is 24.8 Å². The number of para-hydroxylation sites is 2. The summed E-state index contributed by atoms with van der Waals surface area (Å²) >= 11 is 0.